The first-order valence-corrected chi connectivity index (χ1v) is 8.57. The molecule has 3 aromatic rings. The van der Waals surface area contributed by atoms with Gasteiger partial charge < -0.3 is 24.5 Å². The van der Waals surface area contributed by atoms with E-state index in [0.29, 0.717) is 22.4 Å². The van der Waals surface area contributed by atoms with E-state index in [4.69, 9.17) is 14.6 Å². The fraction of sp³-hybridized carbons (Fsp3) is 0.250. The zero-order valence-electron chi connectivity index (χ0n) is 15.9. The number of nitrogens with one attached hydrogen (secondary N) is 1. The number of carboxylic acid groups (broad SMARTS) is 1. The molecule has 0 radical (unpaired) electrons. The van der Waals surface area contributed by atoms with E-state index in [1.807, 2.05) is 12.1 Å². The minimum Gasteiger partial charge on any atom is -0.496 e. The van der Waals surface area contributed by atoms with Crippen LogP contribution in [0.2, 0.25) is 0 Å². The van der Waals surface area contributed by atoms with E-state index in [-0.39, 0.29) is 18.6 Å². The van der Waals surface area contributed by atoms with E-state index in [9.17, 15) is 9.59 Å². The predicted octanol–water partition coefficient (Wildman–Crippen LogP) is 1.79. The van der Waals surface area contributed by atoms with Crippen LogP contribution in [0.1, 0.15) is 5.56 Å². The van der Waals surface area contributed by atoms with Gasteiger partial charge in [0.2, 0.25) is 0 Å². The van der Waals surface area contributed by atoms with Crippen molar-refractivity contribution in [1.29, 1.82) is 0 Å². The standard InChI is InChI=1S/C20H21N3O5/c1-23-11-16(13-4-5-21-8-14(13)20(23)26)12-6-17(27-2)15(18(7-12)28-3)9-22-10-19(24)25/h4-8,11,22H,9-10H2,1-3H3,(H,24,25). The van der Waals surface area contributed by atoms with E-state index in [1.165, 1.54) is 4.57 Å². The molecule has 2 aromatic heterocycles. The van der Waals surface area contributed by atoms with Crippen LogP contribution in [0.15, 0.2) is 41.6 Å². The second kappa shape index (κ2) is 8.10. The number of fused-ring (bicyclic) bond motifs is 1. The molecule has 0 aliphatic heterocycles. The Kier molecular flexibility index (Phi) is 5.60. The Balaban J connectivity index is 2.16. The van der Waals surface area contributed by atoms with Crippen LogP contribution in [0.25, 0.3) is 21.9 Å². The van der Waals surface area contributed by atoms with E-state index < -0.39 is 5.97 Å². The summed E-state index contributed by atoms with van der Waals surface area (Å²) in [7, 11) is 4.78. The quantitative estimate of drug-likeness (QED) is 0.641. The molecule has 146 valence electrons. The van der Waals surface area contributed by atoms with Gasteiger partial charge in [-0.1, -0.05) is 0 Å². The first kappa shape index (κ1) is 19.4. The molecule has 0 fully saturated rings. The molecular formula is C20H21N3O5. The zero-order chi connectivity index (χ0) is 20.3. The minimum absolute atomic E-state index is 0.125. The molecule has 0 saturated heterocycles. The van der Waals surface area contributed by atoms with Crippen LogP contribution in [0.4, 0.5) is 0 Å². The van der Waals surface area contributed by atoms with Gasteiger partial charge in [-0.15, -0.1) is 0 Å². The molecule has 3 rings (SSSR count). The molecule has 0 bridgehead atoms. The SMILES string of the molecule is COc1cc(-c2cn(C)c(=O)c3cnccc23)cc(OC)c1CNCC(=O)O. The third-order valence-corrected chi connectivity index (χ3v) is 4.48. The number of ether oxygens (including phenoxy) is 2. The van der Waals surface area contributed by atoms with Crippen LogP contribution in [-0.2, 0) is 18.4 Å². The number of aryl methyl sites for hydroxylation is 1. The molecule has 0 aliphatic rings. The van der Waals surface area contributed by atoms with Crippen molar-refractivity contribution in [1.82, 2.24) is 14.9 Å². The Labute approximate surface area is 161 Å². The molecule has 2 heterocycles. The van der Waals surface area contributed by atoms with Gasteiger partial charge in [0.25, 0.3) is 5.56 Å². The van der Waals surface area contributed by atoms with Crippen molar-refractivity contribution in [2.24, 2.45) is 7.05 Å². The number of aliphatic carboxylic acids is 1. The average molecular weight is 383 g/mol. The fourth-order valence-corrected chi connectivity index (χ4v) is 3.15. The van der Waals surface area contributed by atoms with Gasteiger partial charge in [-0.25, -0.2) is 0 Å². The molecule has 0 spiro atoms. The van der Waals surface area contributed by atoms with Gasteiger partial charge in [-0.2, -0.15) is 0 Å². The van der Waals surface area contributed by atoms with E-state index in [1.54, 1.807) is 45.9 Å². The topological polar surface area (TPSA) is 103 Å². The van der Waals surface area contributed by atoms with Crippen LogP contribution >= 0.6 is 0 Å². The second-order valence-corrected chi connectivity index (χ2v) is 6.24. The Morgan fingerprint density at radius 2 is 1.89 bits per heavy atom. The maximum absolute atomic E-state index is 12.4. The average Bonchev–Trinajstić information content (AvgIpc) is 2.70. The number of carbonyl (C=O) groups is 1. The number of hydrogen-bond donors (Lipinski definition) is 2. The third-order valence-electron chi connectivity index (χ3n) is 4.48. The lowest BCUT2D eigenvalue weighted by molar-refractivity contribution is -0.136. The number of aromatic nitrogens is 2. The number of carboxylic acids is 1. The largest absolute Gasteiger partial charge is 0.496 e. The molecule has 0 saturated carbocycles. The van der Waals surface area contributed by atoms with Gasteiger partial charge in [0.05, 0.1) is 26.2 Å². The monoisotopic (exact) mass is 383 g/mol. The molecule has 0 atom stereocenters. The molecule has 28 heavy (non-hydrogen) atoms. The highest BCUT2D eigenvalue weighted by Crippen LogP contribution is 2.36. The van der Waals surface area contributed by atoms with Crippen molar-refractivity contribution in [3.05, 3.63) is 52.7 Å². The van der Waals surface area contributed by atoms with Gasteiger partial charge in [-0.3, -0.25) is 14.6 Å². The number of nitrogens with zero attached hydrogens (tertiary/aromatic N) is 2. The maximum atomic E-state index is 12.4. The first-order chi connectivity index (χ1) is 13.5. The van der Waals surface area contributed by atoms with Crippen LogP contribution in [-0.4, -0.2) is 41.4 Å². The summed E-state index contributed by atoms with van der Waals surface area (Å²) in [5.41, 5.74) is 2.23. The Morgan fingerprint density at radius 3 is 2.50 bits per heavy atom. The van der Waals surface area contributed by atoms with Gasteiger partial charge in [0.1, 0.15) is 11.5 Å². The number of rotatable bonds is 7. The lowest BCUT2D eigenvalue weighted by atomic mass is 9.99. The molecule has 2 N–H and O–H groups in total. The molecule has 0 unspecified atom stereocenters. The third kappa shape index (κ3) is 3.67. The van der Waals surface area contributed by atoms with Crippen molar-refractivity contribution < 1.29 is 19.4 Å². The van der Waals surface area contributed by atoms with E-state index in [2.05, 4.69) is 10.3 Å². The van der Waals surface area contributed by atoms with Crippen LogP contribution < -0.4 is 20.3 Å². The van der Waals surface area contributed by atoms with Crippen molar-refractivity contribution in [3.63, 3.8) is 0 Å². The Bertz CT molecular complexity index is 1070. The molecule has 8 heteroatoms. The number of hydrogen-bond acceptors (Lipinski definition) is 6. The summed E-state index contributed by atoms with van der Waals surface area (Å²) in [6.45, 7) is 0.101. The summed E-state index contributed by atoms with van der Waals surface area (Å²) in [6, 6.07) is 5.49. The predicted molar refractivity (Wildman–Crippen MR) is 105 cm³/mol. The van der Waals surface area contributed by atoms with Crippen molar-refractivity contribution in [3.8, 4) is 22.6 Å². The molecule has 0 aliphatic carbocycles. The van der Waals surface area contributed by atoms with Gasteiger partial charge in [0.15, 0.2) is 0 Å². The first-order valence-electron chi connectivity index (χ1n) is 8.57. The number of methoxy groups -OCH3 is 2. The summed E-state index contributed by atoms with van der Waals surface area (Å²) in [5, 5.41) is 13.0. The summed E-state index contributed by atoms with van der Waals surface area (Å²) in [5.74, 6) is 0.173. The van der Waals surface area contributed by atoms with Crippen LogP contribution in [0, 0.1) is 0 Å². The Hall–Kier alpha value is -3.39. The fourth-order valence-electron chi connectivity index (χ4n) is 3.15. The van der Waals surface area contributed by atoms with Gasteiger partial charge in [-0.05, 0) is 29.1 Å². The van der Waals surface area contributed by atoms with Crippen molar-refractivity contribution >= 4 is 16.7 Å². The summed E-state index contributed by atoms with van der Waals surface area (Å²) < 4.78 is 12.6. The maximum Gasteiger partial charge on any atom is 0.317 e. The lowest BCUT2D eigenvalue weighted by Gasteiger charge is -2.17. The zero-order valence-corrected chi connectivity index (χ0v) is 15.9. The van der Waals surface area contributed by atoms with Gasteiger partial charge in [0, 0.05) is 43.3 Å². The van der Waals surface area contributed by atoms with Gasteiger partial charge >= 0.3 is 5.97 Å². The number of benzene rings is 1. The summed E-state index contributed by atoms with van der Waals surface area (Å²) in [4.78, 5) is 27.2. The van der Waals surface area contributed by atoms with E-state index in [0.717, 1.165) is 16.5 Å². The van der Waals surface area contributed by atoms with Crippen LogP contribution in [0.5, 0.6) is 11.5 Å². The minimum atomic E-state index is -0.945. The second-order valence-electron chi connectivity index (χ2n) is 6.24. The highest BCUT2D eigenvalue weighted by molar-refractivity contribution is 5.95. The molecular weight excluding hydrogens is 362 g/mol. The van der Waals surface area contributed by atoms with Crippen molar-refractivity contribution in [2.45, 2.75) is 6.54 Å². The van der Waals surface area contributed by atoms with E-state index >= 15 is 0 Å². The van der Waals surface area contributed by atoms with Crippen LogP contribution in [0.3, 0.4) is 0 Å². The smallest absolute Gasteiger partial charge is 0.317 e. The summed E-state index contributed by atoms with van der Waals surface area (Å²) >= 11 is 0. The highest BCUT2D eigenvalue weighted by atomic mass is 16.5. The molecule has 0 amide bonds. The molecule has 1 aromatic carbocycles. The van der Waals surface area contributed by atoms with Crippen molar-refractivity contribution in [2.75, 3.05) is 20.8 Å². The summed E-state index contributed by atoms with van der Waals surface area (Å²) in [6.07, 6.45) is 4.96. The Morgan fingerprint density at radius 1 is 1.21 bits per heavy atom. The lowest BCUT2D eigenvalue weighted by Crippen LogP contribution is -2.22. The molecule has 8 nitrogen and oxygen atoms in total. The normalized spacial score (nSPS) is 10.8. The number of pyridine rings is 2. The highest BCUT2D eigenvalue weighted by Gasteiger charge is 2.16.